The van der Waals surface area contributed by atoms with Crippen LogP contribution in [0.25, 0.3) is 5.69 Å². The largest absolute Gasteiger partial charge is 0.416 e. The van der Waals surface area contributed by atoms with E-state index in [1.807, 2.05) is 0 Å². The van der Waals surface area contributed by atoms with E-state index in [9.17, 15) is 18.0 Å². The molecule has 0 aliphatic carbocycles. The number of primary amides is 1. The molecule has 0 bridgehead atoms. The summed E-state index contributed by atoms with van der Waals surface area (Å²) in [5.41, 5.74) is 4.63. The van der Waals surface area contributed by atoms with Crippen LogP contribution in [-0.2, 0) is 6.18 Å². The number of amides is 1. The van der Waals surface area contributed by atoms with Crippen molar-refractivity contribution in [3.05, 3.63) is 46.2 Å². The summed E-state index contributed by atoms with van der Waals surface area (Å²) in [6.07, 6.45) is -4.52. The van der Waals surface area contributed by atoms with E-state index in [-0.39, 0.29) is 16.4 Å². The number of aryl methyl sites for hydroxylation is 1. The summed E-state index contributed by atoms with van der Waals surface area (Å²) in [4.78, 5) is 11.3. The molecule has 0 saturated heterocycles. The van der Waals surface area contributed by atoms with E-state index in [0.717, 1.165) is 22.9 Å². The number of nitrogens with two attached hydrogens (primary N) is 1. The molecule has 0 spiro atoms. The molecule has 4 nitrogen and oxygen atoms in total. The minimum atomic E-state index is -4.52. The summed E-state index contributed by atoms with van der Waals surface area (Å²) >= 11 is 5.89. The molecule has 8 heteroatoms. The standard InChI is InChI=1S/C12H9ClF3N3O/c1-6-4-10(11(17)20)19(18-6)9-5-7(12(14,15)16)2-3-8(9)13/h2-5H,1H3,(H2,17,20). The number of hydrogen-bond acceptors (Lipinski definition) is 2. The van der Waals surface area contributed by atoms with Gasteiger partial charge in [0.2, 0.25) is 0 Å². The number of rotatable bonds is 2. The lowest BCUT2D eigenvalue weighted by Crippen LogP contribution is -2.17. The Bertz CT molecular complexity index is 679. The summed E-state index contributed by atoms with van der Waals surface area (Å²) in [6, 6.07) is 4.15. The van der Waals surface area contributed by atoms with Gasteiger partial charge in [0.25, 0.3) is 5.91 Å². The Kier molecular flexibility index (Phi) is 3.47. The zero-order chi connectivity index (χ0) is 15.1. The molecule has 2 rings (SSSR count). The molecule has 2 N–H and O–H groups in total. The number of carbonyl (C=O) groups excluding carboxylic acids is 1. The van der Waals surface area contributed by atoms with E-state index >= 15 is 0 Å². The first-order valence-electron chi connectivity index (χ1n) is 5.43. The number of nitrogens with zero attached hydrogens (tertiary/aromatic N) is 2. The highest BCUT2D eigenvalue weighted by Gasteiger charge is 2.31. The molecule has 0 saturated carbocycles. The Morgan fingerprint density at radius 1 is 1.35 bits per heavy atom. The molecule has 0 aliphatic rings. The van der Waals surface area contributed by atoms with Crippen LogP contribution in [-0.4, -0.2) is 15.7 Å². The summed E-state index contributed by atoms with van der Waals surface area (Å²) in [6.45, 7) is 1.59. The van der Waals surface area contributed by atoms with Gasteiger partial charge < -0.3 is 5.73 Å². The molecule has 2 aromatic rings. The normalized spacial score (nSPS) is 11.7. The molecular formula is C12H9ClF3N3O. The molecule has 0 aliphatic heterocycles. The van der Waals surface area contributed by atoms with Crippen molar-refractivity contribution in [3.8, 4) is 5.69 Å². The van der Waals surface area contributed by atoms with Gasteiger partial charge in [-0.25, -0.2) is 4.68 Å². The van der Waals surface area contributed by atoms with Gasteiger partial charge in [0.05, 0.1) is 22.0 Å². The number of alkyl halides is 3. The second kappa shape index (κ2) is 4.82. The summed E-state index contributed by atoms with van der Waals surface area (Å²) in [5, 5.41) is 3.98. The molecule has 1 heterocycles. The van der Waals surface area contributed by atoms with Crippen LogP contribution in [0, 0.1) is 6.92 Å². The van der Waals surface area contributed by atoms with Crippen LogP contribution in [0.4, 0.5) is 13.2 Å². The van der Waals surface area contributed by atoms with E-state index in [4.69, 9.17) is 17.3 Å². The van der Waals surface area contributed by atoms with Crippen molar-refractivity contribution < 1.29 is 18.0 Å². The Hall–Kier alpha value is -2.02. The quantitative estimate of drug-likeness (QED) is 0.927. The van der Waals surface area contributed by atoms with E-state index in [1.165, 1.54) is 6.07 Å². The lowest BCUT2D eigenvalue weighted by Gasteiger charge is -2.11. The zero-order valence-electron chi connectivity index (χ0n) is 10.2. The first kappa shape index (κ1) is 14.4. The lowest BCUT2D eigenvalue weighted by molar-refractivity contribution is -0.137. The fourth-order valence-corrected chi connectivity index (χ4v) is 1.91. The van der Waals surface area contributed by atoms with Crippen LogP contribution in [0.5, 0.6) is 0 Å². The fraction of sp³-hybridized carbons (Fsp3) is 0.167. The van der Waals surface area contributed by atoms with Gasteiger partial charge in [-0.3, -0.25) is 4.79 Å². The Morgan fingerprint density at radius 2 is 2.00 bits per heavy atom. The maximum absolute atomic E-state index is 12.7. The molecule has 0 fully saturated rings. The minimum absolute atomic E-state index is 0.0311. The van der Waals surface area contributed by atoms with Crippen molar-refractivity contribution >= 4 is 17.5 Å². The maximum Gasteiger partial charge on any atom is 0.416 e. The molecular weight excluding hydrogens is 295 g/mol. The summed E-state index contributed by atoms with van der Waals surface area (Å²) < 4.78 is 39.2. The van der Waals surface area contributed by atoms with Crippen LogP contribution in [0.1, 0.15) is 21.7 Å². The average molecular weight is 304 g/mol. The van der Waals surface area contributed by atoms with Gasteiger partial charge in [-0.1, -0.05) is 11.6 Å². The van der Waals surface area contributed by atoms with Crippen LogP contribution >= 0.6 is 11.6 Å². The van der Waals surface area contributed by atoms with Gasteiger partial charge in [-0.2, -0.15) is 18.3 Å². The Balaban J connectivity index is 2.66. The van der Waals surface area contributed by atoms with Crippen LogP contribution < -0.4 is 5.73 Å². The molecule has 0 atom stereocenters. The van der Waals surface area contributed by atoms with E-state index in [2.05, 4.69) is 5.10 Å². The smallest absolute Gasteiger partial charge is 0.364 e. The molecule has 0 unspecified atom stereocenters. The van der Waals surface area contributed by atoms with Crippen LogP contribution in [0.3, 0.4) is 0 Å². The number of carbonyl (C=O) groups is 1. The Labute approximate surface area is 116 Å². The molecule has 1 amide bonds. The lowest BCUT2D eigenvalue weighted by atomic mass is 10.2. The first-order valence-corrected chi connectivity index (χ1v) is 5.81. The molecule has 20 heavy (non-hydrogen) atoms. The van der Waals surface area contributed by atoms with Crippen molar-refractivity contribution in [2.75, 3.05) is 0 Å². The van der Waals surface area contributed by atoms with Crippen molar-refractivity contribution in [2.45, 2.75) is 13.1 Å². The molecule has 0 radical (unpaired) electrons. The van der Waals surface area contributed by atoms with E-state index in [1.54, 1.807) is 6.92 Å². The van der Waals surface area contributed by atoms with Gasteiger partial charge in [0.1, 0.15) is 5.69 Å². The highest BCUT2D eigenvalue weighted by molar-refractivity contribution is 6.32. The number of halogens is 4. The summed E-state index contributed by atoms with van der Waals surface area (Å²) in [5.74, 6) is -0.806. The molecule has 1 aromatic heterocycles. The van der Waals surface area contributed by atoms with Gasteiger partial charge in [-0.05, 0) is 31.2 Å². The first-order chi connectivity index (χ1) is 9.20. The zero-order valence-corrected chi connectivity index (χ0v) is 11.0. The van der Waals surface area contributed by atoms with Crippen molar-refractivity contribution in [1.82, 2.24) is 9.78 Å². The predicted molar refractivity (Wildman–Crippen MR) is 66.8 cm³/mol. The van der Waals surface area contributed by atoms with Gasteiger partial charge in [-0.15, -0.1) is 0 Å². The summed E-state index contributed by atoms with van der Waals surface area (Å²) in [7, 11) is 0. The SMILES string of the molecule is Cc1cc(C(N)=O)n(-c2cc(C(F)(F)F)ccc2Cl)n1. The third kappa shape index (κ3) is 2.62. The third-order valence-electron chi connectivity index (χ3n) is 2.59. The van der Waals surface area contributed by atoms with Gasteiger partial charge in [0.15, 0.2) is 0 Å². The van der Waals surface area contributed by atoms with E-state index < -0.39 is 17.6 Å². The topological polar surface area (TPSA) is 60.9 Å². The average Bonchev–Trinajstić information content (AvgIpc) is 2.70. The van der Waals surface area contributed by atoms with Crippen molar-refractivity contribution in [2.24, 2.45) is 5.73 Å². The van der Waals surface area contributed by atoms with E-state index in [0.29, 0.717) is 5.69 Å². The predicted octanol–water partition coefficient (Wildman–Crippen LogP) is 2.95. The number of benzene rings is 1. The molecule has 106 valence electrons. The van der Waals surface area contributed by atoms with Crippen molar-refractivity contribution in [1.29, 1.82) is 0 Å². The maximum atomic E-state index is 12.7. The highest BCUT2D eigenvalue weighted by atomic mass is 35.5. The fourth-order valence-electron chi connectivity index (χ4n) is 1.71. The molecule has 1 aromatic carbocycles. The number of hydrogen-bond donors (Lipinski definition) is 1. The van der Waals surface area contributed by atoms with Crippen LogP contribution in [0.2, 0.25) is 5.02 Å². The number of aromatic nitrogens is 2. The second-order valence-corrected chi connectivity index (χ2v) is 4.52. The Morgan fingerprint density at radius 3 is 2.55 bits per heavy atom. The van der Waals surface area contributed by atoms with Gasteiger partial charge in [0, 0.05) is 0 Å². The highest BCUT2D eigenvalue weighted by Crippen LogP contribution is 2.33. The van der Waals surface area contributed by atoms with Crippen molar-refractivity contribution in [3.63, 3.8) is 0 Å². The van der Waals surface area contributed by atoms with Gasteiger partial charge >= 0.3 is 6.18 Å². The third-order valence-corrected chi connectivity index (χ3v) is 2.91. The monoisotopic (exact) mass is 303 g/mol. The minimum Gasteiger partial charge on any atom is -0.364 e. The van der Waals surface area contributed by atoms with Crippen LogP contribution in [0.15, 0.2) is 24.3 Å². The second-order valence-electron chi connectivity index (χ2n) is 4.11.